The van der Waals surface area contributed by atoms with Gasteiger partial charge in [-0.2, -0.15) is 18.3 Å². The molecule has 0 atom stereocenters. The maximum Gasteiger partial charge on any atom is 0.421 e. The van der Waals surface area contributed by atoms with E-state index >= 15 is 0 Å². The van der Waals surface area contributed by atoms with Crippen LogP contribution >= 0.6 is 0 Å². The number of carboxylic acid groups (broad SMARTS) is 1. The molecule has 0 saturated carbocycles. The summed E-state index contributed by atoms with van der Waals surface area (Å²) in [5, 5.41) is 18.9. The van der Waals surface area contributed by atoms with Crippen molar-refractivity contribution in [1.82, 2.24) is 20.2 Å². The van der Waals surface area contributed by atoms with Crippen molar-refractivity contribution in [2.45, 2.75) is 6.18 Å². The Bertz CT molecular complexity index is 1300. The first-order valence-electron chi connectivity index (χ1n) is 8.95. The third kappa shape index (κ3) is 4.53. The molecule has 10 heteroatoms. The summed E-state index contributed by atoms with van der Waals surface area (Å²) in [5.41, 5.74) is 1.13. The minimum atomic E-state index is -4.66. The molecule has 4 aromatic rings. The molecule has 2 aromatic heterocycles. The van der Waals surface area contributed by atoms with Crippen molar-refractivity contribution in [3.63, 3.8) is 0 Å². The van der Waals surface area contributed by atoms with Crippen molar-refractivity contribution in [3.8, 4) is 11.4 Å². The Morgan fingerprint density at radius 1 is 1.13 bits per heavy atom. The first kappa shape index (κ1) is 20.1. The molecule has 0 amide bonds. The van der Waals surface area contributed by atoms with Gasteiger partial charge < -0.3 is 10.4 Å². The smallest absolute Gasteiger partial charge is 0.421 e. The number of aromatic nitrogens is 4. The predicted octanol–water partition coefficient (Wildman–Crippen LogP) is 4.88. The van der Waals surface area contributed by atoms with Gasteiger partial charge in [0.25, 0.3) is 0 Å². The lowest BCUT2D eigenvalue weighted by Crippen LogP contribution is -2.12. The Morgan fingerprint density at radius 2 is 1.97 bits per heavy atom. The number of hydrogen-bond donors (Lipinski definition) is 3. The summed E-state index contributed by atoms with van der Waals surface area (Å²) in [6, 6.07) is 11.5. The van der Waals surface area contributed by atoms with Gasteiger partial charge >= 0.3 is 12.1 Å². The Hall–Kier alpha value is -4.21. The molecule has 4 rings (SSSR count). The number of halogens is 3. The minimum Gasteiger partial charge on any atom is -0.478 e. The second-order valence-corrected chi connectivity index (χ2v) is 6.55. The molecule has 3 N–H and O–H groups in total. The molecule has 0 spiro atoms. The molecule has 0 bridgehead atoms. The first-order chi connectivity index (χ1) is 14.8. The molecule has 7 nitrogen and oxygen atoms in total. The largest absolute Gasteiger partial charge is 0.478 e. The maximum atomic E-state index is 13.5. The van der Waals surface area contributed by atoms with E-state index in [2.05, 4.69) is 25.5 Å². The van der Waals surface area contributed by atoms with E-state index in [0.717, 1.165) is 23.2 Å². The van der Waals surface area contributed by atoms with Gasteiger partial charge in [0.05, 0.1) is 11.7 Å². The lowest BCUT2D eigenvalue weighted by molar-refractivity contribution is -0.137. The van der Waals surface area contributed by atoms with Gasteiger partial charge in [-0.1, -0.05) is 18.2 Å². The van der Waals surface area contributed by atoms with E-state index in [1.165, 1.54) is 6.08 Å². The second kappa shape index (κ2) is 7.90. The Balaban J connectivity index is 1.74. The highest BCUT2D eigenvalue weighted by atomic mass is 19.4. The highest BCUT2D eigenvalue weighted by Crippen LogP contribution is 2.36. The van der Waals surface area contributed by atoms with Crippen molar-refractivity contribution in [2.75, 3.05) is 5.32 Å². The number of carboxylic acids is 1. The van der Waals surface area contributed by atoms with E-state index in [0.29, 0.717) is 16.8 Å². The molecule has 0 aliphatic heterocycles. The Labute approximate surface area is 173 Å². The number of carbonyl (C=O) groups is 1. The molecule has 0 aliphatic rings. The SMILES string of the molecule is O=C(O)/C=C/c1cccc(-c2ncc(C(F)(F)F)c(Nc3ccc4[nH]ncc4c3)n2)c1. The standard InChI is InChI=1S/C21H14F3N5O2/c22-21(23,24)16-11-25-19(13-3-1-2-12(8-13)4-7-18(30)31)28-20(16)27-15-5-6-17-14(9-15)10-26-29-17/h1-11H,(H,26,29)(H,30,31)(H,25,27,28)/b7-4+. The van der Waals surface area contributed by atoms with E-state index < -0.39 is 23.5 Å². The minimum absolute atomic E-state index is 0.0606. The fraction of sp³-hybridized carbons (Fsp3) is 0.0476. The third-order valence-corrected chi connectivity index (χ3v) is 4.36. The van der Waals surface area contributed by atoms with Gasteiger partial charge in [-0.25, -0.2) is 14.8 Å². The fourth-order valence-corrected chi connectivity index (χ4v) is 2.93. The van der Waals surface area contributed by atoms with Gasteiger partial charge in [0.2, 0.25) is 0 Å². The highest BCUT2D eigenvalue weighted by molar-refractivity contribution is 5.85. The average Bonchev–Trinajstić information content (AvgIpc) is 3.19. The quantitative estimate of drug-likeness (QED) is 0.394. The first-order valence-corrected chi connectivity index (χ1v) is 8.95. The molecule has 0 saturated heterocycles. The summed E-state index contributed by atoms with van der Waals surface area (Å²) in [6.45, 7) is 0. The lowest BCUT2D eigenvalue weighted by atomic mass is 10.1. The number of aliphatic carboxylic acids is 1. The molecule has 156 valence electrons. The van der Waals surface area contributed by atoms with Gasteiger partial charge in [-0.05, 0) is 35.9 Å². The number of fused-ring (bicyclic) bond motifs is 1. The third-order valence-electron chi connectivity index (χ3n) is 4.36. The number of alkyl halides is 3. The zero-order valence-corrected chi connectivity index (χ0v) is 15.7. The van der Waals surface area contributed by atoms with E-state index in [1.54, 1.807) is 48.7 Å². The molecule has 31 heavy (non-hydrogen) atoms. The molecule has 0 unspecified atom stereocenters. The van der Waals surface area contributed by atoms with E-state index in [4.69, 9.17) is 5.11 Å². The number of rotatable bonds is 5. The summed E-state index contributed by atoms with van der Waals surface area (Å²) in [5.74, 6) is -1.45. The maximum absolute atomic E-state index is 13.5. The van der Waals surface area contributed by atoms with Crippen molar-refractivity contribution in [1.29, 1.82) is 0 Å². The molecular weight excluding hydrogens is 411 g/mol. The molecule has 2 aromatic carbocycles. The van der Waals surface area contributed by atoms with Crippen LogP contribution in [0, 0.1) is 0 Å². The number of H-pyrrole nitrogens is 1. The van der Waals surface area contributed by atoms with Crippen LogP contribution in [0.5, 0.6) is 0 Å². The van der Waals surface area contributed by atoms with Gasteiger partial charge in [0.15, 0.2) is 5.82 Å². The van der Waals surface area contributed by atoms with E-state index in [-0.39, 0.29) is 5.82 Å². The summed E-state index contributed by atoms with van der Waals surface area (Å²) in [7, 11) is 0. The van der Waals surface area contributed by atoms with Crippen molar-refractivity contribution >= 4 is 34.5 Å². The van der Waals surface area contributed by atoms with Crippen LogP contribution in [0.1, 0.15) is 11.1 Å². The van der Waals surface area contributed by atoms with Crippen LogP contribution in [0.4, 0.5) is 24.7 Å². The molecule has 0 radical (unpaired) electrons. The van der Waals surface area contributed by atoms with Crippen molar-refractivity contribution in [2.24, 2.45) is 0 Å². The van der Waals surface area contributed by atoms with E-state index in [9.17, 15) is 18.0 Å². The van der Waals surface area contributed by atoms with Gasteiger partial charge in [-0.3, -0.25) is 5.10 Å². The molecule has 2 heterocycles. The summed E-state index contributed by atoms with van der Waals surface area (Å²) in [4.78, 5) is 18.7. The molecule has 0 aliphatic carbocycles. The number of nitrogens with one attached hydrogen (secondary N) is 2. The summed E-state index contributed by atoms with van der Waals surface area (Å²) < 4.78 is 40.6. The van der Waals surface area contributed by atoms with Crippen LogP contribution in [-0.2, 0) is 11.0 Å². The zero-order chi connectivity index (χ0) is 22.0. The van der Waals surface area contributed by atoms with Crippen LogP contribution in [0.2, 0.25) is 0 Å². The van der Waals surface area contributed by atoms with Crippen LogP contribution in [0.3, 0.4) is 0 Å². The molecular formula is C21H14F3N5O2. The molecule has 0 fully saturated rings. The van der Waals surface area contributed by atoms with Gasteiger partial charge in [0.1, 0.15) is 11.4 Å². The number of aromatic amines is 1. The Morgan fingerprint density at radius 3 is 2.74 bits per heavy atom. The van der Waals surface area contributed by atoms with Gasteiger partial charge in [-0.15, -0.1) is 0 Å². The number of hydrogen-bond acceptors (Lipinski definition) is 5. The van der Waals surface area contributed by atoms with Crippen LogP contribution in [0.15, 0.2) is 60.9 Å². The van der Waals surface area contributed by atoms with Crippen molar-refractivity contribution < 1.29 is 23.1 Å². The summed E-state index contributed by atoms with van der Waals surface area (Å²) >= 11 is 0. The monoisotopic (exact) mass is 425 g/mol. The predicted molar refractivity (Wildman–Crippen MR) is 109 cm³/mol. The number of nitrogens with zero attached hydrogens (tertiary/aromatic N) is 3. The topological polar surface area (TPSA) is 104 Å². The highest BCUT2D eigenvalue weighted by Gasteiger charge is 2.35. The van der Waals surface area contributed by atoms with Crippen molar-refractivity contribution in [3.05, 3.63) is 72.1 Å². The second-order valence-electron chi connectivity index (χ2n) is 6.55. The van der Waals surface area contributed by atoms with E-state index in [1.807, 2.05) is 0 Å². The van der Waals surface area contributed by atoms with Crippen LogP contribution < -0.4 is 5.32 Å². The normalized spacial score (nSPS) is 11.8. The Kier molecular flexibility index (Phi) is 5.12. The average molecular weight is 425 g/mol. The van der Waals surface area contributed by atoms with Gasteiger partial charge in [0, 0.05) is 28.9 Å². The number of anilines is 2. The van der Waals surface area contributed by atoms with Crippen LogP contribution in [0.25, 0.3) is 28.4 Å². The number of benzene rings is 2. The summed E-state index contributed by atoms with van der Waals surface area (Å²) in [6.07, 6.45) is -0.0405. The lowest BCUT2D eigenvalue weighted by Gasteiger charge is -2.14. The zero-order valence-electron chi connectivity index (χ0n) is 15.7. The fourth-order valence-electron chi connectivity index (χ4n) is 2.93. The van der Waals surface area contributed by atoms with Crippen LogP contribution in [-0.4, -0.2) is 31.2 Å².